The predicted octanol–water partition coefficient (Wildman–Crippen LogP) is -0.754. The van der Waals surface area contributed by atoms with Crippen molar-refractivity contribution in [1.29, 1.82) is 0 Å². The minimum absolute atomic E-state index is 0.109. The van der Waals surface area contributed by atoms with E-state index in [-0.39, 0.29) is 6.04 Å². The Kier molecular flexibility index (Phi) is 2.24. The van der Waals surface area contributed by atoms with Gasteiger partial charge in [0.15, 0.2) is 5.82 Å². The van der Waals surface area contributed by atoms with E-state index in [2.05, 4.69) is 15.5 Å². The fourth-order valence-corrected chi connectivity index (χ4v) is 1.57. The van der Waals surface area contributed by atoms with E-state index in [0.717, 1.165) is 18.9 Å². The van der Waals surface area contributed by atoms with Gasteiger partial charge in [-0.1, -0.05) is 0 Å². The number of hydrogen-bond acceptors (Lipinski definition) is 5. The molecule has 2 unspecified atom stereocenters. The van der Waals surface area contributed by atoms with Crippen LogP contribution >= 0.6 is 0 Å². The summed E-state index contributed by atoms with van der Waals surface area (Å²) in [5.41, 5.74) is 6.00. The predicted molar refractivity (Wildman–Crippen MR) is 44.7 cm³/mol. The van der Waals surface area contributed by atoms with Crippen LogP contribution < -0.4 is 5.73 Å². The molecule has 1 aliphatic heterocycles. The average molecular weight is 183 g/mol. The number of aromatic nitrogens is 4. The van der Waals surface area contributed by atoms with Gasteiger partial charge in [0, 0.05) is 19.6 Å². The molecule has 13 heavy (non-hydrogen) atoms. The summed E-state index contributed by atoms with van der Waals surface area (Å²) in [5, 5.41) is 11.2. The Morgan fingerprint density at radius 3 is 3.08 bits per heavy atom. The van der Waals surface area contributed by atoms with Crippen LogP contribution in [0.1, 0.15) is 18.3 Å². The van der Waals surface area contributed by atoms with Crippen molar-refractivity contribution in [2.45, 2.75) is 12.5 Å². The van der Waals surface area contributed by atoms with Crippen LogP contribution in [0, 0.1) is 5.92 Å². The third-order valence-electron chi connectivity index (χ3n) is 2.42. The summed E-state index contributed by atoms with van der Waals surface area (Å²) in [7, 11) is 1.80. The van der Waals surface area contributed by atoms with Crippen LogP contribution in [0.4, 0.5) is 0 Å². The Morgan fingerprint density at radius 2 is 2.54 bits per heavy atom. The van der Waals surface area contributed by atoms with Gasteiger partial charge in [0.05, 0.1) is 12.6 Å². The number of ether oxygens (including phenoxy) is 1. The first kappa shape index (κ1) is 8.58. The molecular weight excluding hydrogens is 170 g/mol. The highest BCUT2D eigenvalue weighted by atomic mass is 16.5. The van der Waals surface area contributed by atoms with Crippen LogP contribution in [0.25, 0.3) is 0 Å². The summed E-state index contributed by atoms with van der Waals surface area (Å²) < 4.78 is 6.87. The van der Waals surface area contributed by atoms with Gasteiger partial charge in [-0.05, 0) is 16.8 Å². The largest absolute Gasteiger partial charge is 0.381 e. The first-order chi connectivity index (χ1) is 6.29. The number of nitrogens with zero attached hydrogens (tertiary/aromatic N) is 4. The molecule has 1 aliphatic rings. The van der Waals surface area contributed by atoms with Gasteiger partial charge in [-0.2, -0.15) is 0 Å². The molecule has 1 aromatic rings. The summed E-state index contributed by atoms with van der Waals surface area (Å²) in [6.07, 6.45) is 0.994. The van der Waals surface area contributed by atoms with Gasteiger partial charge in [-0.15, -0.1) is 5.10 Å². The van der Waals surface area contributed by atoms with E-state index in [4.69, 9.17) is 10.5 Å². The molecule has 1 aromatic heterocycles. The molecule has 0 spiro atoms. The molecule has 6 heteroatoms. The Hall–Kier alpha value is -1.01. The van der Waals surface area contributed by atoms with Gasteiger partial charge in [0.25, 0.3) is 0 Å². The minimum atomic E-state index is -0.109. The number of hydrogen-bond donors (Lipinski definition) is 1. The Morgan fingerprint density at radius 1 is 1.69 bits per heavy atom. The third kappa shape index (κ3) is 1.54. The highest BCUT2D eigenvalue weighted by Gasteiger charge is 2.27. The monoisotopic (exact) mass is 183 g/mol. The molecule has 6 nitrogen and oxygen atoms in total. The molecule has 2 atom stereocenters. The van der Waals surface area contributed by atoms with Crippen molar-refractivity contribution in [3.8, 4) is 0 Å². The summed E-state index contributed by atoms with van der Waals surface area (Å²) in [4.78, 5) is 0. The second-order valence-corrected chi connectivity index (χ2v) is 3.31. The van der Waals surface area contributed by atoms with Crippen LogP contribution in [0.5, 0.6) is 0 Å². The molecule has 0 aromatic carbocycles. The van der Waals surface area contributed by atoms with Crippen LogP contribution in [-0.2, 0) is 11.8 Å². The Labute approximate surface area is 76.1 Å². The van der Waals surface area contributed by atoms with Crippen molar-refractivity contribution >= 4 is 0 Å². The van der Waals surface area contributed by atoms with Crippen LogP contribution in [0.2, 0.25) is 0 Å². The molecule has 2 heterocycles. The van der Waals surface area contributed by atoms with Gasteiger partial charge in [0.2, 0.25) is 0 Å². The molecule has 1 saturated heterocycles. The van der Waals surface area contributed by atoms with Crippen LogP contribution in [0.3, 0.4) is 0 Å². The average Bonchev–Trinajstić information content (AvgIpc) is 2.72. The van der Waals surface area contributed by atoms with Crippen molar-refractivity contribution in [1.82, 2.24) is 20.2 Å². The highest BCUT2D eigenvalue weighted by molar-refractivity contribution is 4.94. The number of aryl methyl sites for hydroxylation is 1. The lowest BCUT2D eigenvalue weighted by molar-refractivity contribution is 0.179. The topological polar surface area (TPSA) is 78.9 Å². The zero-order chi connectivity index (χ0) is 9.26. The summed E-state index contributed by atoms with van der Waals surface area (Å²) in [6, 6.07) is -0.109. The summed E-state index contributed by atoms with van der Waals surface area (Å²) >= 11 is 0. The first-order valence-electron chi connectivity index (χ1n) is 4.34. The first-order valence-corrected chi connectivity index (χ1v) is 4.34. The van der Waals surface area contributed by atoms with Crippen LogP contribution in [-0.4, -0.2) is 33.4 Å². The molecule has 1 fully saturated rings. The van der Waals surface area contributed by atoms with Crippen molar-refractivity contribution in [3.63, 3.8) is 0 Å². The maximum Gasteiger partial charge on any atom is 0.168 e. The lowest BCUT2D eigenvalue weighted by atomic mass is 9.99. The molecule has 0 aliphatic carbocycles. The minimum Gasteiger partial charge on any atom is -0.381 e. The van der Waals surface area contributed by atoms with E-state index >= 15 is 0 Å². The van der Waals surface area contributed by atoms with Gasteiger partial charge in [-0.3, -0.25) is 0 Å². The molecule has 0 bridgehead atoms. The van der Waals surface area contributed by atoms with Crippen molar-refractivity contribution < 1.29 is 4.74 Å². The second kappa shape index (κ2) is 3.39. The zero-order valence-corrected chi connectivity index (χ0v) is 7.55. The van der Waals surface area contributed by atoms with E-state index < -0.39 is 0 Å². The van der Waals surface area contributed by atoms with E-state index in [1.807, 2.05) is 0 Å². The highest BCUT2D eigenvalue weighted by Crippen LogP contribution is 2.24. The fraction of sp³-hybridized carbons (Fsp3) is 0.857. The van der Waals surface area contributed by atoms with Crippen LogP contribution in [0.15, 0.2) is 0 Å². The smallest absolute Gasteiger partial charge is 0.168 e. The lowest BCUT2D eigenvalue weighted by Gasteiger charge is -2.14. The van der Waals surface area contributed by atoms with Gasteiger partial charge in [0.1, 0.15) is 0 Å². The quantitative estimate of drug-likeness (QED) is 0.652. The molecular formula is C7H13N5O. The Bertz CT molecular complexity index is 280. The van der Waals surface area contributed by atoms with Crippen molar-refractivity contribution in [2.24, 2.45) is 18.7 Å². The zero-order valence-electron chi connectivity index (χ0n) is 7.55. The standard InChI is InChI=1S/C7H13N5O/c1-12-7(9-10-11-12)6(8)5-2-3-13-4-5/h5-6H,2-4,8H2,1H3. The third-order valence-corrected chi connectivity index (χ3v) is 2.42. The molecule has 0 amide bonds. The summed E-state index contributed by atoms with van der Waals surface area (Å²) in [5.74, 6) is 1.08. The van der Waals surface area contributed by atoms with Gasteiger partial charge < -0.3 is 10.5 Å². The van der Waals surface area contributed by atoms with E-state index in [0.29, 0.717) is 12.5 Å². The molecule has 0 radical (unpaired) electrons. The van der Waals surface area contributed by atoms with E-state index in [9.17, 15) is 0 Å². The van der Waals surface area contributed by atoms with Crippen molar-refractivity contribution in [2.75, 3.05) is 13.2 Å². The molecule has 0 saturated carbocycles. The molecule has 72 valence electrons. The summed E-state index contributed by atoms with van der Waals surface area (Å²) in [6.45, 7) is 1.51. The Balaban J connectivity index is 2.12. The fourth-order valence-electron chi connectivity index (χ4n) is 1.57. The maximum absolute atomic E-state index is 6.00. The maximum atomic E-state index is 6.00. The van der Waals surface area contributed by atoms with E-state index in [1.165, 1.54) is 0 Å². The number of tetrazole rings is 1. The van der Waals surface area contributed by atoms with Crippen molar-refractivity contribution in [3.05, 3.63) is 5.82 Å². The SMILES string of the molecule is Cn1nnnc1C(N)C1CCOC1. The normalized spacial score (nSPS) is 24.9. The number of rotatable bonds is 2. The van der Waals surface area contributed by atoms with Gasteiger partial charge in [-0.25, -0.2) is 4.68 Å². The number of nitrogens with two attached hydrogens (primary N) is 1. The lowest BCUT2D eigenvalue weighted by Crippen LogP contribution is -2.24. The van der Waals surface area contributed by atoms with Gasteiger partial charge >= 0.3 is 0 Å². The van der Waals surface area contributed by atoms with E-state index in [1.54, 1.807) is 11.7 Å². The molecule has 2 N–H and O–H groups in total. The molecule has 2 rings (SSSR count). The second-order valence-electron chi connectivity index (χ2n) is 3.31.